The van der Waals surface area contributed by atoms with E-state index in [4.69, 9.17) is 0 Å². The van der Waals surface area contributed by atoms with Crippen molar-refractivity contribution >= 4 is 34.9 Å². The molecular weight excluding hydrogens is 342 g/mol. The number of amides is 2. The molecule has 128 valence electrons. The van der Waals surface area contributed by atoms with Gasteiger partial charge in [0.1, 0.15) is 11.7 Å². The van der Waals surface area contributed by atoms with Gasteiger partial charge < -0.3 is 10.2 Å². The number of nitrogens with zero attached hydrogens (tertiary/aromatic N) is 2. The van der Waals surface area contributed by atoms with Crippen molar-refractivity contribution in [3.05, 3.63) is 68.0 Å². The zero-order valence-corrected chi connectivity index (χ0v) is 14.2. The number of nitro groups is 1. The van der Waals surface area contributed by atoms with Crippen molar-refractivity contribution in [3.63, 3.8) is 0 Å². The molecule has 2 aromatic rings. The molecule has 1 aromatic carbocycles. The topological polar surface area (TPSA) is 92.6 Å². The lowest BCUT2D eigenvalue weighted by Gasteiger charge is -2.31. The molecule has 1 atom stereocenters. The van der Waals surface area contributed by atoms with Crippen molar-refractivity contribution in [2.75, 3.05) is 7.05 Å². The third-order valence-corrected chi connectivity index (χ3v) is 4.84. The number of rotatable bonds is 4. The molecule has 1 unspecified atom stereocenters. The largest absolute Gasteiger partial charge is 0.339 e. The van der Waals surface area contributed by atoms with Gasteiger partial charge in [0.25, 0.3) is 11.6 Å². The Kier molecular flexibility index (Phi) is 4.62. The number of thiophene rings is 1. The summed E-state index contributed by atoms with van der Waals surface area (Å²) >= 11 is 1.52. The van der Waals surface area contributed by atoms with Crippen molar-refractivity contribution in [3.8, 4) is 0 Å². The number of carbonyl (C=O) groups excluding carboxylic acids is 2. The molecular formula is C17H15N3O4S. The standard InChI is InChI=1S/C17H15N3O4S/c1-19-15(9-11-5-2-3-7-14(11)20(23)24)16(21)18-13(17(19)22)10-12-6-4-8-25-12/h2-9,13H,10H2,1H3,(H,18,21). The summed E-state index contributed by atoms with van der Waals surface area (Å²) in [4.78, 5) is 37.8. The Morgan fingerprint density at radius 1 is 1.28 bits per heavy atom. The van der Waals surface area contributed by atoms with E-state index in [0.29, 0.717) is 6.42 Å². The van der Waals surface area contributed by atoms with E-state index in [1.807, 2.05) is 17.5 Å². The number of hydrogen-bond acceptors (Lipinski definition) is 5. The van der Waals surface area contributed by atoms with E-state index in [-0.39, 0.29) is 22.9 Å². The van der Waals surface area contributed by atoms with Gasteiger partial charge in [0, 0.05) is 24.4 Å². The Bertz CT molecular complexity index is 861. The van der Waals surface area contributed by atoms with Crippen molar-refractivity contribution in [1.29, 1.82) is 0 Å². The molecule has 0 radical (unpaired) electrons. The van der Waals surface area contributed by atoms with Crippen LogP contribution in [0.3, 0.4) is 0 Å². The van der Waals surface area contributed by atoms with E-state index in [2.05, 4.69) is 5.32 Å². The van der Waals surface area contributed by atoms with Gasteiger partial charge in [0.2, 0.25) is 5.91 Å². The fourth-order valence-corrected chi connectivity index (χ4v) is 3.40. The fraction of sp³-hybridized carbons (Fsp3) is 0.176. The Morgan fingerprint density at radius 3 is 2.72 bits per heavy atom. The average molecular weight is 357 g/mol. The maximum Gasteiger partial charge on any atom is 0.276 e. The van der Waals surface area contributed by atoms with Crippen LogP contribution in [0, 0.1) is 10.1 Å². The highest BCUT2D eigenvalue weighted by Gasteiger charge is 2.35. The fourth-order valence-electron chi connectivity index (χ4n) is 2.65. The minimum absolute atomic E-state index is 0.0849. The molecule has 7 nitrogen and oxygen atoms in total. The molecule has 8 heteroatoms. The number of piperazine rings is 1. The van der Waals surface area contributed by atoms with Crippen LogP contribution in [-0.2, 0) is 16.0 Å². The maximum atomic E-state index is 12.6. The Hall–Kier alpha value is -3.00. The summed E-state index contributed by atoms with van der Waals surface area (Å²) in [6.07, 6.45) is 1.79. The lowest BCUT2D eigenvalue weighted by atomic mass is 10.1. The first-order valence-corrected chi connectivity index (χ1v) is 8.41. The predicted molar refractivity (Wildman–Crippen MR) is 93.8 cm³/mol. The smallest absolute Gasteiger partial charge is 0.276 e. The second-order valence-electron chi connectivity index (χ2n) is 5.55. The van der Waals surface area contributed by atoms with Crippen molar-refractivity contribution in [1.82, 2.24) is 10.2 Å². The normalized spacial score (nSPS) is 19.2. The lowest BCUT2D eigenvalue weighted by molar-refractivity contribution is -0.385. The summed E-state index contributed by atoms with van der Waals surface area (Å²) in [5.74, 6) is -0.681. The van der Waals surface area contributed by atoms with E-state index in [1.165, 1.54) is 41.5 Å². The molecule has 0 bridgehead atoms. The third-order valence-electron chi connectivity index (χ3n) is 3.94. The zero-order chi connectivity index (χ0) is 18.0. The molecule has 0 aliphatic carbocycles. The van der Waals surface area contributed by atoms with Crippen LogP contribution in [0.2, 0.25) is 0 Å². The van der Waals surface area contributed by atoms with E-state index in [1.54, 1.807) is 12.1 Å². The van der Waals surface area contributed by atoms with Gasteiger partial charge in [-0.2, -0.15) is 0 Å². The highest BCUT2D eigenvalue weighted by Crippen LogP contribution is 2.24. The molecule has 2 heterocycles. The average Bonchev–Trinajstić information content (AvgIpc) is 3.09. The van der Waals surface area contributed by atoms with E-state index in [0.717, 1.165) is 4.88 Å². The molecule has 25 heavy (non-hydrogen) atoms. The van der Waals surface area contributed by atoms with Crippen LogP contribution in [0.15, 0.2) is 47.5 Å². The maximum absolute atomic E-state index is 12.6. The van der Waals surface area contributed by atoms with Gasteiger partial charge in [-0.1, -0.05) is 18.2 Å². The van der Waals surface area contributed by atoms with Crippen LogP contribution in [-0.4, -0.2) is 34.7 Å². The first-order valence-electron chi connectivity index (χ1n) is 7.53. The molecule has 0 spiro atoms. The second-order valence-corrected chi connectivity index (χ2v) is 6.58. The van der Waals surface area contributed by atoms with Gasteiger partial charge in [-0.3, -0.25) is 19.7 Å². The van der Waals surface area contributed by atoms with Crippen LogP contribution in [0.1, 0.15) is 10.4 Å². The van der Waals surface area contributed by atoms with Crippen LogP contribution in [0.25, 0.3) is 6.08 Å². The molecule has 1 aliphatic rings. The monoisotopic (exact) mass is 357 g/mol. The molecule has 1 N–H and O–H groups in total. The number of para-hydroxylation sites is 1. The molecule has 1 saturated heterocycles. The number of nitro benzene ring substituents is 1. The van der Waals surface area contributed by atoms with Crippen LogP contribution >= 0.6 is 11.3 Å². The first kappa shape index (κ1) is 16.8. The highest BCUT2D eigenvalue weighted by atomic mass is 32.1. The van der Waals surface area contributed by atoms with Gasteiger partial charge in [-0.15, -0.1) is 11.3 Å². The number of hydrogen-bond donors (Lipinski definition) is 1. The van der Waals surface area contributed by atoms with Gasteiger partial charge in [0.05, 0.1) is 10.5 Å². The number of nitrogens with one attached hydrogen (secondary N) is 1. The minimum atomic E-state index is -0.640. The summed E-state index contributed by atoms with van der Waals surface area (Å²) in [5.41, 5.74) is 0.236. The van der Waals surface area contributed by atoms with Gasteiger partial charge in [-0.25, -0.2) is 0 Å². The van der Waals surface area contributed by atoms with Crippen LogP contribution < -0.4 is 5.32 Å². The summed E-state index contributed by atoms with van der Waals surface area (Å²) in [5, 5.41) is 15.7. The Morgan fingerprint density at radius 2 is 2.04 bits per heavy atom. The van der Waals surface area contributed by atoms with Crippen molar-refractivity contribution < 1.29 is 14.5 Å². The Labute approximate surface area is 147 Å². The molecule has 2 amide bonds. The molecule has 1 aliphatic heterocycles. The summed E-state index contributed by atoms with van der Waals surface area (Å²) in [6, 6.07) is 9.23. The molecule has 1 fully saturated rings. The number of likely N-dealkylation sites (N-methyl/N-ethyl adjacent to an activating group) is 1. The predicted octanol–water partition coefficient (Wildman–Crippen LogP) is 2.20. The van der Waals surface area contributed by atoms with Gasteiger partial charge in [0.15, 0.2) is 0 Å². The summed E-state index contributed by atoms with van der Waals surface area (Å²) in [7, 11) is 1.50. The molecule has 3 rings (SSSR count). The number of carbonyl (C=O) groups is 2. The minimum Gasteiger partial charge on any atom is -0.339 e. The molecule has 0 saturated carbocycles. The van der Waals surface area contributed by atoms with Crippen molar-refractivity contribution in [2.45, 2.75) is 12.5 Å². The van der Waals surface area contributed by atoms with Gasteiger partial charge >= 0.3 is 0 Å². The summed E-state index contributed by atoms with van der Waals surface area (Å²) in [6.45, 7) is 0. The quantitative estimate of drug-likeness (QED) is 0.516. The Balaban J connectivity index is 1.88. The SMILES string of the molecule is CN1C(=O)C(Cc2cccs2)NC(=O)C1=Cc1ccccc1[N+](=O)[O-]. The second kappa shape index (κ2) is 6.86. The first-order chi connectivity index (χ1) is 12.0. The highest BCUT2D eigenvalue weighted by molar-refractivity contribution is 7.09. The zero-order valence-electron chi connectivity index (χ0n) is 13.3. The van der Waals surface area contributed by atoms with Gasteiger partial charge in [-0.05, 0) is 23.6 Å². The third kappa shape index (κ3) is 3.43. The number of benzene rings is 1. The summed E-state index contributed by atoms with van der Waals surface area (Å²) < 4.78 is 0. The van der Waals surface area contributed by atoms with E-state index < -0.39 is 16.9 Å². The van der Waals surface area contributed by atoms with Crippen LogP contribution in [0.4, 0.5) is 5.69 Å². The van der Waals surface area contributed by atoms with E-state index in [9.17, 15) is 19.7 Å². The lowest BCUT2D eigenvalue weighted by Crippen LogP contribution is -2.55. The van der Waals surface area contributed by atoms with Crippen molar-refractivity contribution in [2.24, 2.45) is 0 Å². The van der Waals surface area contributed by atoms with E-state index >= 15 is 0 Å². The van der Waals surface area contributed by atoms with Crippen LogP contribution in [0.5, 0.6) is 0 Å². The molecule has 1 aromatic heterocycles.